The monoisotopic (exact) mass is 381 g/mol. The van der Waals surface area contributed by atoms with Crippen LogP contribution in [0.1, 0.15) is 44.2 Å². The molecular weight excluding hydrogens is 354 g/mol. The maximum atomic E-state index is 12.5. The second-order valence-electron chi connectivity index (χ2n) is 8.53. The van der Waals surface area contributed by atoms with E-state index in [-0.39, 0.29) is 22.7 Å². The molecule has 7 heteroatoms. The molecule has 1 aliphatic heterocycles. The highest BCUT2D eigenvalue weighted by molar-refractivity contribution is 5.87. The van der Waals surface area contributed by atoms with Crippen LogP contribution in [0.4, 0.5) is 5.69 Å². The second-order valence-corrected chi connectivity index (χ2v) is 8.53. The van der Waals surface area contributed by atoms with Crippen molar-refractivity contribution in [1.82, 2.24) is 14.9 Å². The highest BCUT2D eigenvalue weighted by atomic mass is 16.2. The van der Waals surface area contributed by atoms with Crippen LogP contribution in [0, 0.1) is 23.7 Å². The number of nitriles is 1. The van der Waals surface area contributed by atoms with Crippen LogP contribution in [0.25, 0.3) is 10.9 Å². The molecule has 1 aromatic heterocycles. The fourth-order valence-corrected chi connectivity index (χ4v) is 4.44. The van der Waals surface area contributed by atoms with Crippen LogP contribution in [0.3, 0.4) is 0 Å². The highest BCUT2D eigenvalue weighted by Crippen LogP contribution is 2.39. The van der Waals surface area contributed by atoms with Crippen molar-refractivity contribution in [2.75, 3.05) is 31.1 Å². The van der Waals surface area contributed by atoms with Crippen molar-refractivity contribution in [3.8, 4) is 6.07 Å². The molecule has 7 nitrogen and oxygen atoms in total. The number of H-pyrrole nitrogens is 1. The standard InChI is InChI=1S/C21H27N5O2/c1-14-17(25-11-8-21(2,13-25)12-23-10-3-9-22)7-6-16-18(14)26(15-4-5-15)20(28)24-19(16)27/h6-7,15,23H,3-5,8,10-13H2,1-2H3,(H,24,27,28). The highest BCUT2D eigenvalue weighted by Gasteiger charge is 2.35. The average molecular weight is 381 g/mol. The van der Waals surface area contributed by atoms with Crippen LogP contribution in [0.2, 0.25) is 0 Å². The lowest BCUT2D eigenvalue weighted by Crippen LogP contribution is -2.35. The number of nitrogens with one attached hydrogen (secondary N) is 2. The predicted octanol–water partition coefficient (Wildman–Crippen LogP) is 2.05. The van der Waals surface area contributed by atoms with Gasteiger partial charge in [0.15, 0.2) is 0 Å². The van der Waals surface area contributed by atoms with Gasteiger partial charge in [-0.3, -0.25) is 14.3 Å². The third-order valence-corrected chi connectivity index (χ3v) is 6.10. The number of aromatic nitrogens is 2. The van der Waals surface area contributed by atoms with Gasteiger partial charge in [-0.15, -0.1) is 0 Å². The molecule has 1 atom stereocenters. The van der Waals surface area contributed by atoms with Gasteiger partial charge in [-0.2, -0.15) is 5.26 Å². The number of rotatable bonds is 6. The summed E-state index contributed by atoms with van der Waals surface area (Å²) in [4.78, 5) is 29.6. The van der Waals surface area contributed by atoms with Crippen LogP contribution >= 0.6 is 0 Å². The first-order valence-corrected chi connectivity index (χ1v) is 10.0. The molecular formula is C21H27N5O2. The van der Waals surface area contributed by atoms with E-state index in [0.29, 0.717) is 11.8 Å². The summed E-state index contributed by atoms with van der Waals surface area (Å²) in [6, 6.07) is 6.24. The molecule has 2 fully saturated rings. The third-order valence-electron chi connectivity index (χ3n) is 6.10. The molecule has 1 aliphatic carbocycles. The van der Waals surface area contributed by atoms with Gasteiger partial charge in [0.25, 0.3) is 5.56 Å². The van der Waals surface area contributed by atoms with Crippen molar-refractivity contribution in [3.05, 3.63) is 38.5 Å². The molecule has 4 rings (SSSR count). The van der Waals surface area contributed by atoms with E-state index in [2.05, 4.69) is 28.2 Å². The Kier molecular flexibility index (Phi) is 4.76. The SMILES string of the molecule is Cc1c(N2CCC(C)(CNCCC#N)C2)ccc2c(=O)[nH]c(=O)n(C3CC3)c12. The summed E-state index contributed by atoms with van der Waals surface area (Å²) >= 11 is 0. The number of benzene rings is 1. The van der Waals surface area contributed by atoms with E-state index in [1.54, 1.807) is 4.57 Å². The lowest BCUT2D eigenvalue weighted by atomic mass is 9.90. The van der Waals surface area contributed by atoms with Crippen LogP contribution in [-0.2, 0) is 0 Å². The van der Waals surface area contributed by atoms with E-state index >= 15 is 0 Å². The van der Waals surface area contributed by atoms with E-state index < -0.39 is 0 Å². The fraction of sp³-hybridized carbons (Fsp3) is 0.571. The number of anilines is 1. The third kappa shape index (κ3) is 3.33. The van der Waals surface area contributed by atoms with Gasteiger partial charge in [0, 0.05) is 44.3 Å². The fourth-order valence-electron chi connectivity index (χ4n) is 4.44. The molecule has 28 heavy (non-hydrogen) atoms. The van der Waals surface area contributed by atoms with Crippen molar-refractivity contribution in [2.24, 2.45) is 5.41 Å². The molecule has 1 unspecified atom stereocenters. The topological polar surface area (TPSA) is 93.9 Å². The number of hydrogen-bond donors (Lipinski definition) is 2. The smallest absolute Gasteiger partial charge is 0.329 e. The quantitative estimate of drug-likeness (QED) is 0.747. The summed E-state index contributed by atoms with van der Waals surface area (Å²) in [6.07, 6.45) is 3.56. The van der Waals surface area contributed by atoms with Gasteiger partial charge >= 0.3 is 5.69 Å². The first-order chi connectivity index (χ1) is 13.4. The van der Waals surface area contributed by atoms with Gasteiger partial charge < -0.3 is 10.2 Å². The molecule has 1 saturated carbocycles. The van der Waals surface area contributed by atoms with Gasteiger partial charge in [0.1, 0.15) is 0 Å². The first kappa shape index (κ1) is 18.8. The van der Waals surface area contributed by atoms with Gasteiger partial charge in [0.05, 0.1) is 17.0 Å². The van der Waals surface area contributed by atoms with Gasteiger partial charge in [-0.25, -0.2) is 4.79 Å². The molecule has 148 valence electrons. The maximum Gasteiger partial charge on any atom is 0.329 e. The van der Waals surface area contributed by atoms with Crippen molar-refractivity contribution in [3.63, 3.8) is 0 Å². The molecule has 2 heterocycles. The minimum Gasteiger partial charge on any atom is -0.371 e. The number of aryl methyl sites for hydroxylation is 1. The lowest BCUT2D eigenvalue weighted by molar-refractivity contribution is 0.346. The number of nitrogens with zero attached hydrogens (tertiary/aromatic N) is 3. The Morgan fingerprint density at radius 3 is 2.86 bits per heavy atom. The normalized spacial score (nSPS) is 22.0. The van der Waals surface area contributed by atoms with Crippen molar-refractivity contribution < 1.29 is 0 Å². The zero-order valence-corrected chi connectivity index (χ0v) is 16.5. The molecule has 0 radical (unpaired) electrons. The van der Waals surface area contributed by atoms with Crippen molar-refractivity contribution in [2.45, 2.75) is 45.6 Å². The van der Waals surface area contributed by atoms with Crippen molar-refractivity contribution in [1.29, 1.82) is 5.26 Å². The molecule has 0 bridgehead atoms. The Labute approximate surface area is 164 Å². The molecule has 2 aliphatic rings. The Morgan fingerprint density at radius 1 is 1.36 bits per heavy atom. The summed E-state index contributed by atoms with van der Waals surface area (Å²) in [5.74, 6) is 0. The Hall–Kier alpha value is -2.59. The number of aromatic amines is 1. The lowest BCUT2D eigenvalue weighted by Gasteiger charge is -2.27. The minimum absolute atomic E-state index is 0.140. The maximum absolute atomic E-state index is 12.5. The van der Waals surface area contributed by atoms with Crippen LogP contribution in [0.15, 0.2) is 21.7 Å². The van der Waals surface area contributed by atoms with E-state index in [0.717, 1.165) is 62.2 Å². The second kappa shape index (κ2) is 7.10. The van der Waals surface area contributed by atoms with Crippen LogP contribution < -0.4 is 21.5 Å². The summed E-state index contributed by atoms with van der Waals surface area (Å²) < 4.78 is 1.79. The number of hydrogen-bond acceptors (Lipinski definition) is 5. The Morgan fingerprint density at radius 2 is 2.14 bits per heavy atom. The van der Waals surface area contributed by atoms with Gasteiger partial charge in [0.2, 0.25) is 0 Å². The van der Waals surface area contributed by atoms with Crippen LogP contribution in [0.5, 0.6) is 0 Å². The first-order valence-electron chi connectivity index (χ1n) is 10.0. The minimum atomic E-state index is -0.306. The molecule has 0 amide bonds. The van der Waals surface area contributed by atoms with Gasteiger partial charge in [-0.05, 0) is 49.3 Å². The summed E-state index contributed by atoms with van der Waals surface area (Å²) in [5.41, 5.74) is 2.44. The largest absolute Gasteiger partial charge is 0.371 e. The average Bonchev–Trinajstić information content (AvgIpc) is 3.42. The Balaban J connectivity index is 1.66. The zero-order valence-electron chi connectivity index (χ0n) is 16.5. The molecule has 0 spiro atoms. The Bertz CT molecular complexity index is 1060. The molecule has 2 N–H and O–H groups in total. The van der Waals surface area contributed by atoms with E-state index in [1.807, 2.05) is 19.1 Å². The zero-order chi connectivity index (χ0) is 19.9. The summed E-state index contributed by atoms with van der Waals surface area (Å²) in [5, 5.41) is 12.7. The molecule has 1 saturated heterocycles. The summed E-state index contributed by atoms with van der Waals surface area (Å²) in [7, 11) is 0. The predicted molar refractivity (Wildman–Crippen MR) is 110 cm³/mol. The summed E-state index contributed by atoms with van der Waals surface area (Å²) in [6.45, 7) is 7.75. The van der Waals surface area contributed by atoms with Crippen LogP contribution in [-0.4, -0.2) is 35.7 Å². The molecule has 2 aromatic rings. The molecule has 1 aromatic carbocycles. The number of fused-ring (bicyclic) bond motifs is 1. The van der Waals surface area contributed by atoms with E-state index in [9.17, 15) is 9.59 Å². The van der Waals surface area contributed by atoms with Gasteiger partial charge in [-0.1, -0.05) is 6.92 Å². The van der Waals surface area contributed by atoms with Crippen molar-refractivity contribution >= 4 is 16.6 Å². The van der Waals surface area contributed by atoms with E-state index in [4.69, 9.17) is 5.26 Å². The van der Waals surface area contributed by atoms with E-state index in [1.165, 1.54) is 0 Å².